The highest BCUT2D eigenvalue weighted by Gasteiger charge is 2.29. The van der Waals surface area contributed by atoms with Gasteiger partial charge in [-0.05, 0) is 87.2 Å². The summed E-state index contributed by atoms with van der Waals surface area (Å²) in [6.45, 7) is 13.7. The highest BCUT2D eigenvalue weighted by molar-refractivity contribution is 5.76. The lowest BCUT2D eigenvalue weighted by Crippen LogP contribution is -2.38. The molecule has 0 saturated heterocycles. The first-order chi connectivity index (χ1) is 13.1. The summed E-state index contributed by atoms with van der Waals surface area (Å²) in [6.07, 6.45) is 0. The summed E-state index contributed by atoms with van der Waals surface area (Å²) in [4.78, 5) is 11.2. The van der Waals surface area contributed by atoms with Crippen molar-refractivity contribution >= 4 is 5.97 Å². The molecule has 0 bridgehead atoms. The third-order valence-corrected chi connectivity index (χ3v) is 4.39. The Morgan fingerprint density at radius 1 is 0.929 bits per heavy atom. The van der Waals surface area contributed by atoms with E-state index in [1.165, 1.54) is 25.0 Å². The van der Waals surface area contributed by atoms with Crippen LogP contribution in [0.3, 0.4) is 0 Å². The zero-order valence-corrected chi connectivity index (χ0v) is 17.2. The maximum absolute atomic E-state index is 11.2. The van der Waals surface area contributed by atoms with Crippen molar-refractivity contribution in [3.8, 4) is 17.2 Å². The fourth-order valence-electron chi connectivity index (χ4n) is 2.36. The molecule has 0 fully saturated rings. The lowest BCUT2D eigenvalue weighted by molar-refractivity contribution is -0.152. The number of rotatable bonds is 9. The van der Waals surface area contributed by atoms with E-state index in [0.717, 1.165) is 16.9 Å². The first-order valence-corrected chi connectivity index (χ1v) is 9.11. The van der Waals surface area contributed by atoms with Gasteiger partial charge < -0.3 is 19.3 Å². The van der Waals surface area contributed by atoms with E-state index in [-0.39, 0.29) is 0 Å². The Labute approximate surface area is 166 Å². The molecule has 0 aromatic heterocycles. The van der Waals surface area contributed by atoms with Crippen LogP contribution in [0.1, 0.15) is 30.5 Å². The zero-order valence-electron chi connectivity index (χ0n) is 17.2. The molecule has 2 aromatic rings. The van der Waals surface area contributed by atoms with Crippen LogP contribution in [0.2, 0.25) is 0 Å². The summed E-state index contributed by atoms with van der Waals surface area (Å²) in [5.41, 5.74) is 2.71. The molecule has 0 unspecified atom stereocenters. The number of benzene rings is 2. The molecule has 0 aliphatic carbocycles. The van der Waals surface area contributed by atoms with Crippen LogP contribution in [0.5, 0.6) is 17.2 Å². The normalized spacial score (nSPS) is 11.0. The van der Waals surface area contributed by atoms with E-state index in [1.807, 2.05) is 38.1 Å². The van der Waals surface area contributed by atoms with E-state index < -0.39 is 11.6 Å². The van der Waals surface area contributed by atoms with Gasteiger partial charge in [-0.25, -0.2) is 4.79 Å². The molecule has 1 N–H and O–H groups in total. The Hall–Kier alpha value is -2.95. The molecule has 2 aromatic carbocycles. The molecule has 0 radical (unpaired) electrons. The maximum atomic E-state index is 11.2. The van der Waals surface area contributed by atoms with Gasteiger partial charge in [0.15, 0.2) is 5.60 Å². The molecule has 0 aliphatic rings. The molecule has 0 saturated carbocycles. The van der Waals surface area contributed by atoms with Crippen LogP contribution >= 0.6 is 0 Å². The summed E-state index contributed by atoms with van der Waals surface area (Å²) in [5.74, 6) is 0.955. The highest BCUT2D eigenvalue weighted by Crippen LogP contribution is 2.27. The summed E-state index contributed by atoms with van der Waals surface area (Å²) in [7, 11) is 0. The molecule has 0 heterocycles. The molecule has 2 rings (SSSR count). The van der Waals surface area contributed by atoms with Crippen molar-refractivity contribution in [1.82, 2.24) is 0 Å². The Bertz CT molecular complexity index is 867. The average molecular weight is 384 g/mol. The first kappa shape index (κ1) is 21.4. The van der Waals surface area contributed by atoms with Crippen molar-refractivity contribution in [3.05, 3.63) is 65.2 Å². The van der Waals surface area contributed by atoms with Gasteiger partial charge in [-0.3, -0.25) is 0 Å². The van der Waals surface area contributed by atoms with Crippen molar-refractivity contribution in [3.63, 3.8) is 0 Å². The minimum Gasteiger partial charge on any atom is -0.489 e. The SMILES string of the molecule is C=C(COc1ccc(C)c(C)c1)COc1ccc(OC(C)(C)C(=O)O)c(C)c1. The van der Waals surface area contributed by atoms with Crippen LogP contribution in [0.25, 0.3) is 0 Å². The molecule has 0 atom stereocenters. The lowest BCUT2D eigenvalue weighted by Gasteiger charge is -2.23. The number of hydrogen-bond acceptors (Lipinski definition) is 4. The Morgan fingerprint density at radius 2 is 1.46 bits per heavy atom. The van der Waals surface area contributed by atoms with E-state index in [2.05, 4.69) is 13.5 Å². The second kappa shape index (κ2) is 8.83. The largest absolute Gasteiger partial charge is 0.489 e. The van der Waals surface area contributed by atoms with Gasteiger partial charge in [0, 0.05) is 0 Å². The molecule has 5 nitrogen and oxygen atoms in total. The second-order valence-corrected chi connectivity index (χ2v) is 7.42. The number of carboxylic acid groups (broad SMARTS) is 1. The molecular weight excluding hydrogens is 356 g/mol. The highest BCUT2D eigenvalue weighted by atomic mass is 16.5. The Balaban J connectivity index is 1.88. The quantitative estimate of drug-likeness (QED) is 0.625. The predicted octanol–water partition coefficient (Wildman–Crippen LogP) is 4.87. The van der Waals surface area contributed by atoms with Crippen LogP contribution in [0.15, 0.2) is 48.6 Å². The molecule has 0 amide bonds. The molecule has 0 aliphatic heterocycles. The third-order valence-electron chi connectivity index (χ3n) is 4.39. The predicted molar refractivity (Wildman–Crippen MR) is 110 cm³/mol. The molecule has 0 spiro atoms. The monoisotopic (exact) mass is 384 g/mol. The van der Waals surface area contributed by atoms with E-state index in [0.29, 0.717) is 24.7 Å². The Kier molecular flexibility index (Phi) is 6.73. The minimum atomic E-state index is -1.30. The van der Waals surface area contributed by atoms with Gasteiger partial charge in [0.2, 0.25) is 0 Å². The molecule has 28 heavy (non-hydrogen) atoms. The number of carbonyl (C=O) groups is 1. The molecule has 5 heteroatoms. The van der Waals surface area contributed by atoms with Crippen molar-refractivity contribution in [2.24, 2.45) is 0 Å². The lowest BCUT2D eigenvalue weighted by atomic mass is 10.1. The summed E-state index contributed by atoms with van der Waals surface area (Å²) in [6, 6.07) is 11.2. The van der Waals surface area contributed by atoms with Gasteiger partial charge in [-0.2, -0.15) is 0 Å². The van der Waals surface area contributed by atoms with Crippen LogP contribution in [-0.2, 0) is 4.79 Å². The smallest absolute Gasteiger partial charge is 0.347 e. The first-order valence-electron chi connectivity index (χ1n) is 9.11. The van der Waals surface area contributed by atoms with Crippen molar-refractivity contribution in [2.45, 2.75) is 40.2 Å². The van der Waals surface area contributed by atoms with Gasteiger partial charge in [0.25, 0.3) is 0 Å². The van der Waals surface area contributed by atoms with Gasteiger partial charge in [0.1, 0.15) is 30.5 Å². The fraction of sp³-hybridized carbons (Fsp3) is 0.348. The standard InChI is InChI=1S/C23H28O5/c1-15(13-26-19-8-7-16(2)17(3)11-19)14-27-20-9-10-21(18(4)12-20)28-23(5,6)22(24)25/h7-12H,1,13-14H2,2-6H3,(H,24,25). The van der Waals surface area contributed by atoms with Crippen LogP contribution in [0, 0.1) is 20.8 Å². The van der Waals surface area contributed by atoms with Crippen molar-refractivity contribution in [1.29, 1.82) is 0 Å². The maximum Gasteiger partial charge on any atom is 0.347 e. The number of hydrogen-bond donors (Lipinski definition) is 1. The van der Waals surface area contributed by atoms with Gasteiger partial charge >= 0.3 is 5.97 Å². The van der Waals surface area contributed by atoms with Crippen LogP contribution in [-0.4, -0.2) is 29.9 Å². The van der Waals surface area contributed by atoms with E-state index in [4.69, 9.17) is 14.2 Å². The van der Waals surface area contributed by atoms with Gasteiger partial charge in [-0.15, -0.1) is 0 Å². The van der Waals surface area contributed by atoms with E-state index >= 15 is 0 Å². The van der Waals surface area contributed by atoms with Crippen LogP contribution < -0.4 is 14.2 Å². The second-order valence-electron chi connectivity index (χ2n) is 7.42. The van der Waals surface area contributed by atoms with Crippen molar-refractivity contribution < 1.29 is 24.1 Å². The fourth-order valence-corrected chi connectivity index (χ4v) is 2.36. The van der Waals surface area contributed by atoms with Crippen LogP contribution in [0.4, 0.5) is 0 Å². The third kappa shape index (κ3) is 5.78. The summed E-state index contributed by atoms with van der Waals surface area (Å²) in [5, 5.41) is 9.18. The Morgan fingerprint density at radius 3 is 1.96 bits per heavy atom. The number of aliphatic carboxylic acids is 1. The average Bonchev–Trinajstić information content (AvgIpc) is 2.62. The van der Waals surface area contributed by atoms with Gasteiger partial charge in [-0.1, -0.05) is 12.6 Å². The summed E-state index contributed by atoms with van der Waals surface area (Å²) < 4.78 is 17.1. The van der Waals surface area contributed by atoms with Crippen molar-refractivity contribution in [2.75, 3.05) is 13.2 Å². The topological polar surface area (TPSA) is 65.0 Å². The zero-order chi connectivity index (χ0) is 20.9. The number of ether oxygens (including phenoxy) is 3. The number of carboxylic acids is 1. The molecule has 150 valence electrons. The summed E-state index contributed by atoms with van der Waals surface area (Å²) >= 11 is 0. The van der Waals surface area contributed by atoms with Gasteiger partial charge in [0.05, 0.1) is 0 Å². The number of aryl methyl sites for hydroxylation is 3. The van der Waals surface area contributed by atoms with E-state index in [1.54, 1.807) is 12.1 Å². The van der Waals surface area contributed by atoms with E-state index in [9.17, 15) is 9.90 Å². The molecular formula is C23H28O5. The minimum absolute atomic E-state index is 0.325.